The lowest BCUT2D eigenvalue weighted by Gasteiger charge is -2.59. The van der Waals surface area contributed by atoms with Gasteiger partial charge in [-0.25, -0.2) is 4.79 Å². The topological polar surface area (TPSA) is 162 Å². The molecule has 1 aliphatic heterocycles. The number of hydrogen-bond acceptors (Lipinski definition) is 11. The standard InChI is InChI=1S/C54H59N3O10/c1-3-28-56(53(60)66-42-24-21-41(22-25-42)57(61)62)50-35-48(55-64-36-37-14-6-5-7-15-37)46-33-40(18-10-12-29-58)45(19-11-13-30-59)51-47-34-44(65-43-23-20-38-16-8-9-17-39(38)32-43)26-27-49(47)67-54(50,52(46)51)63-31-4-2/h4-9,14-17,20-27,32-34,40,45,50-52,58-59H,2-3,10-13,18-19,28-31,35-36H2,1H3. The molecule has 6 atom stereocenters. The number of non-ortho nitro benzene ring substituents is 1. The number of nitrogens with zero attached hydrogens (tertiary/aromatic N) is 3. The molecular formula is C54H59N3O10. The quantitative estimate of drug-likeness (QED) is 0.0314. The Balaban J connectivity index is 1.30. The number of amides is 1. The molecule has 1 amide bonds. The molecule has 0 bridgehead atoms. The molecule has 350 valence electrons. The maximum absolute atomic E-state index is 14.7. The molecule has 2 aliphatic carbocycles. The third-order valence-corrected chi connectivity index (χ3v) is 13.2. The molecule has 0 saturated heterocycles. The molecule has 6 unspecified atom stereocenters. The number of fused-ring (bicyclic) bond motifs is 3. The van der Waals surface area contributed by atoms with Gasteiger partial charge in [-0.05, 0) is 108 Å². The summed E-state index contributed by atoms with van der Waals surface area (Å²) in [4.78, 5) is 33.6. The summed E-state index contributed by atoms with van der Waals surface area (Å²) in [5, 5.41) is 38.6. The molecule has 13 heteroatoms. The van der Waals surface area contributed by atoms with Gasteiger partial charge in [0.05, 0.1) is 23.2 Å². The summed E-state index contributed by atoms with van der Waals surface area (Å²) in [6.45, 7) is 6.71. The van der Waals surface area contributed by atoms with E-state index < -0.39 is 28.8 Å². The molecule has 2 N–H and O–H groups in total. The van der Waals surface area contributed by atoms with Crippen LogP contribution >= 0.6 is 0 Å². The number of unbranched alkanes of at least 4 members (excludes halogenated alkanes) is 2. The predicted octanol–water partition coefficient (Wildman–Crippen LogP) is 11.3. The van der Waals surface area contributed by atoms with Crippen molar-refractivity contribution in [1.29, 1.82) is 0 Å². The lowest BCUT2D eigenvalue weighted by Crippen LogP contribution is -2.70. The van der Waals surface area contributed by atoms with E-state index in [9.17, 15) is 25.1 Å². The van der Waals surface area contributed by atoms with Gasteiger partial charge in [0.25, 0.3) is 5.69 Å². The lowest BCUT2D eigenvalue weighted by atomic mass is 9.55. The van der Waals surface area contributed by atoms with Crippen molar-refractivity contribution in [1.82, 2.24) is 4.90 Å². The maximum atomic E-state index is 14.7. The first-order chi connectivity index (χ1) is 32.8. The number of rotatable bonds is 21. The number of nitro groups is 1. The molecule has 3 aliphatic rings. The van der Waals surface area contributed by atoms with E-state index in [4.69, 9.17) is 28.9 Å². The van der Waals surface area contributed by atoms with Gasteiger partial charge >= 0.3 is 6.09 Å². The van der Waals surface area contributed by atoms with Gasteiger partial charge in [0.2, 0.25) is 5.79 Å². The van der Waals surface area contributed by atoms with Gasteiger partial charge in [-0.15, -0.1) is 6.58 Å². The van der Waals surface area contributed by atoms with Crippen molar-refractivity contribution in [2.75, 3.05) is 26.4 Å². The average molecular weight is 910 g/mol. The molecular weight excluding hydrogens is 851 g/mol. The van der Waals surface area contributed by atoms with Crippen molar-refractivity contribution in [3.05, 3.63) is 161 Å². The Kier molecular flexibility index (Phi) is 15.3. The Morgan fingerprint density at radius 3 is 2.33 bits per heavy atom. The molecule has 5 aromatic carbocycles. The Morgan fingerprint density at radius 2 is 1.60 bits per heavy atom. The van der Waals surface area contributed by atoms with E-state index in [1.54, 1.807) is 11.0 Å². The fourth-order valence-corrected chi connectivity index (χ4v) is 10.2. The summed E-state index contributed by atoms with van der Waals surface area (Å²) in [6, 6.07) is 34.4. The minimum absolute atomic E-state index is 0.00110. The molecule has 67 heavy (non-hydrogen) atoms. The molecule has 0 aromatic heterocycles. The van der Waals surface area contributed by atoms with Crippen LogP contribution in [0.3, 0.4) is 0 Å². The van der Waals surface area contributed by atoms with E-state index in [0.29, 0.717) is 42.2 Å². The van der Waals surface area contributed by atoms with Crippen LogP contribution in [0.5, 0.6) is 23.0 Å². The molecule has 13 nitrogen and oxygen atoms in total. The highest BCUT2D eigenvalue weighted by molar-refractivity contribution is 6.03. The number of allylic oxidation sites excluding steroid dienone is 1. The number of aliphatic hydroxyl groups excluding tert-OH is 2. The lowest BCUT2D eigenvalue weighted by molar-refractivity contribution is -0.384. The van der Waals surface area contributed by atoms with Crippen LogP contribution < -0.4 is 14.2 Å². The van der Waals surface area contributed by atoms with Gasteiger partial charge in [0, 0.05) is 49.8 Å². The van der Waals surface area contributed by atoms with E-state index in [-0.39, 0.29) is 68.6 Å². The molecule has 1 heterocycles. The zero-order valence-electron chi connectivity index (χ0n) is 37.9. The Bertz CT molecular complexity index is 2560. The number of nitro benzene ring substituents is 1. The largest absolute Gasteiger partial charge is 0.459 e. The van der Waals surface area contributed by atoms with Crippen molar-refractivity contribution in [3.63, 3.8) is 0 Å². The maximum Gasteiger partial charge on any atom is 0.415 e. The van der Waals surface area contributed by atoms with Crippen molar-refractivity contribution in [2.45, 2.75) is 82.6 Å². The van der Waals surface area contributed by atoms with E-state index in [1.165, 1.54) is 24.3 Å². The molecule has 5 aromatic rings. The van der Waals surface area contributed by atoms with Gasteiger partial charge in [-0.1, -0.05) is 97.7 Å². The van der Waals surface area contributed by atoms with Crippen LogP contribution in [0.15, 0.2) is 145 Å². The van der Waals surface area contributed by atoms with Crippen LogP contribution in [0.25, 0.3) is 10.8 Å². The Morgan fingerprint density at radius 1 is 0.896 bits per heavy atom. The summed E-state index contributed by atoms with van der Waals surface area (Å²) in [6.07, 6.45) is 8.44. The summed E-state index contributed by atoms with van der Waals surface area (Å²) < 4.78 is 27.1. The van der Waals surface area contributed by atoms with Gasteiger partial charge in [-0.3, -0.25) is 15.0 Å². The first-order valence-corrected chi connectivity index (χ1v) is 23.4. The number of carbonyl (C=O) groups is 1. The smallest absolute Gasteiger partial charge is 0.415 e. The molecule has 8 rings (SSSR count). The Hall–Kier alpha value is -6.54. The monoisotopic (exact) mass is 909 g/mol. The number of benzene rings is 5. The third kappa shape index (κ3) is 10.4. The van der Waals surface area contributed by atoms with Crippen LogP contribution in [-0.4, -0.2) is 70.0 Å². The van der Waals surface area contributed by atoms with Crippen LogP contribution in [0.4, 0.5) is 10.5 Å². The highest BCUT2D eigenvalue weighted by atomic mass is 16.7. The van der Waals surface area contributed by atoms with Crippen molar-refractivity contribution < 1.29 is 43.7 Å². The third-order valence-electron chi connectivity index (χ3n) is 13.2. The second-order valence-corrected chi connectivity index (χ2v) is 17.5. The van der Waals surface area contributed by atoms with Gasteiger partial charge in [0.15, 0.2) is 0 Å². The summed E-state index contributed by atoms with van der Waals surface area (Å²) >= 11 is 0. The van der Waals surface area contributed by atoms with Crippen molar-refractivity contribution in [2.24, 2.45) is 22.9 Å². The van der Waals surface area contributed by atoms with Gasteiger partial charge < -0.3 is 34.0 Å². The van der Waals surface area contributed by atoms with Gasteiger partial charge in [-0.2, -0.15) is 0 Å². The van der Waals surface area contributed by atoms with Crippen LogP contribution in [0, 0.1) is 27.9 Å². The first kappa shape index (κ1) is 47.0. The minimum Gasteiger partial charge on any atom is -0.459 e. The average Bonchev–Trinajstić information content (AvgIpc) is 3.34. The van der Waals surface area contributed by atoms with Crippen LogP contribution in [0.1, 0.15) is 75.3 Å². The number of aliphatic hydroxyl groups is 2. The zero-order valence-corrected chi connectivity index (χ0v) is 37.9. The molecule has 1 saturated carbocycles. The van der Waals surface area contributed by atoms with E-state index >= 15 is 0 Å². The number of hydrogen-bond donors (Lipinski definition) is 2. The second-order valence-electron chi connectivity index (χ2n) is 17.5. The van der Waals surface area contributed by atoms with E-state index in [1.807, 2.05) is 79.7 Å². The number of carbonyl (C=O) groups excluding carboxylic acids is 1. The highest BCUT2D eigenvalue weighted by Gasteiger charge is 2.65. The molecule has 0 radical (unpaired) electrons. The number of ether oxygens (including phenoxy) is 4. The summed E-state index contributed by atoms with van der Waals surface area (Å²) in [5.74, 6) is -0.244. The van der Waals surface area contributed by atoms with E-state index in [0.717, 1.165) is 53.2 Å². The molecule has 1 fully saturated rings. The minimum atomic E-state index is -1.51. The Labute approximate surface area is 391 Å². The van der Waals surface area contributed by atoms with Crippen molar-refractivity contribution in [3.8, 4) is 23.0 Å². The number of oxime groups is 1. The van der Waals surface area contributed by atoms with Crippen LogP contribution in [0.2, 0.25) is 0 Å². The molecule has 0 spiro atoms. The van der Waals surface area contributed by atoms with Crippen LogP contribution in [-0.2, 0) is 16.2 Å². The normalized spacial score (nSPS) is 22.2. The second kappa shape index (κ2) is 21.8. The highest BCUT2D eigenvalue weighted by Crippen LogP contribution is 2.62. The van der Waals surface area contributed by atoms with E-state index in [2.05, 4.69) is 30.9 Å². The first-order valence-electron chi connectivity index (χ1n) is 23.4. The zero-order chi connectivity index (χ0) is 46.8. The SMILES string of the molecule is C=CCOC12Oc3ccc(Oc4ccc5ccccc5c4)cc3C3C(CCCCO)C(CCCCO)C=C(C(=NOCc4ccccc4)CC1N(CCC)C(=O)Oc1ccc([N+](=O)[O-])cc1)C32. The predicted molar refractivity (Wildman–Crippen MR) is 256 cm³/mol. The fraction of sp³-hybridized carbons (Fsp3) is 0.370. The summed E-state index contributed by atoms with van der Waals surface area (Å²) in [5.41, 5.74) is 3.29. The summed E-state index contributed by atoms with van der Waals surface area (Å²) in [7, 11) is 0. The fourth-order valence-electron chi connectivity index (χ4n) is 10.2. The van der Waals surface area contributed by atoms with Crippen molar-refractivity contribution >= 4 is 28.3 Å². The van der Waals surface area contributed by atoms with Gasteiger partial charge in [0.1, 0.15) is 35.6 Å².